The van der Waals surface area contributed by atoms with Crippen molar-refractivity contribution in [3.8, 4) is 11.4 Å². The van der Waals surface area contributed by atoms with E-state index in [0.29, 0.717) is 6.04 Å². The Hall–Kier alpha value is -2.68. The molecule has 2 aromatic heterocycles. The van der Waals surface area contributed by atoms with E-state index in [1.165, 1.54) is 29.7 Å². The van der Waals surface area contributed by atoms with Crippen LogP contribution in [0.4, 0.5) is 11.4 Å². The lowest BCUT2D eigenvalue weighted by molar-refractivity contribution is 0.601. The van der Waals surface area contributed by atoms with Crippen LogP contribution in [0.1, 0.15) is 49.8 Å². The first-order valence-corrected chi connectivity index (χ1v) is 10.2. The molecular formula is C25H31N3. The smallest absolute Gasteiger partial charge is 0.0887 e. The summed E-state index contributed by atoms with van der Waals surface area (Å²) in [7, 11) is 0. The van der Waals surface area contributed by atoms with Crippen molar-refractivity contribution in [2.24, 2.45) is 0 Å². The summed E-state index contributed by atoms with van der Waals surface area (Å²) in [5.74, 6) is 0. The summed E-state index contributed by atoms with van der Waals surface area (Å²) in [6.45, 7) is 10.9. The van der Waals surface area contributed by atoms with Crippen molar-refractivity contribution < 1.29 is 0 Å². The van der Waals surface area contributed by atoms with Gasteiger partial charge in [-0.05, 0) is 69.5 Å². The number of rotatable bonds is 7. The maximum Gasteiger partial charge on any atom is 0.0887 e. The number of unbranched alkanes of at least 4 members (excludes halogenated alkanes) is 1. The Balaban J connectivity index is 1.96. The van der Waals surface area contributed by atoms with Gasteiger partial charge in [0, 0.05) is 17.9 Å². The lowest BCUT2D eigenvalue weighted by Gasteiger charge is -2.33. The van der Waals surface area contributed by atoms with Gasteiger partial charge in [-0.25, -0.2) is 0 Å². The van der Waals surface area contributed by atoms with Crippen molar-refractivity contribution >= 4 is 11.4 Å². The highest BCUT2D eigenvalue weighted by atomic mass is 15.2. The van der Waals surface area contributed by atoms with Crippen molar-refractivity contribution in [2.45, 2.75) is 59.9 Å². The Labute approximate surface area is 169 Å². The molecule has 0 fully saturated rings. The van der Waals surface area contributed by atoms with E-state index in [4.69, 9.17) is 4.98 Å². The first kappa shape index (κ1) is 20.1. The summed E-state index contributed by atoms with van der Waals surface area (Å²) in [6, 6.07) is 15.5. The fourth-order valence-corrected chi connectivity index (χ4v) is 3.63. The maximum atomic E-state index is 4.73. The lowest BCUT2D eigenvalue weighted by Crippen LogP contribution is -2.29. The Kier molecular flexibility index (Phi) is 6.45. The lowest BCUT2D eigenvalue weighted by atomic mass is 10.0. The zero-order valence-electron chi connectivity index (χ0n) is 17.7. The van der Waals surface area contributed by atoms with Gasteiger partial charge < -0.3 is 4.90 Å². The normalized spacial score (nSPS) is 12.0. The van der Waals surface area contributed by atoms with Gasteiger partial charge in [0.1, 0.15) is 0 Å². The predicted octanol–water partition coefficient (Wildman–Crippen LogP) is 6.79. The molecule has 3 heteroatoms. The van der Waals surface area contributed by atoms with Crippen molar-refractivity contribution in [1.82, 2.24) is 9.97 Å². The molecule has 0 aliphatic rings. The van der Waals surface area contributed by atoms with Crippen LogP contribution in [0.3, 0.4) is 0 Å². The van der Waals surface area contributed by atoms with E-state index in [0.717, 1.165) is 29.1 Å². The highest BCUT2D eigenvalue weighted by Crippen LogP contribution is 2.33. The Bertz CT molecular complexity index is 898. The second kappa shape index (κ2) is 9.01. The van der Waals surface area contributed by atoms with Gasteiger partial charge in [-0.15, -0.1) is 0 Å². The van der Waals surface area contributed by atoms with Crippen LogP contribution in [0.5, 0.6) is 0 Å². The van der Waals surface area contributed by atoms with Gasteiger partial charge in [0.2, 0.25) is 0 Å². The zero-order chi connectivity index (χ0) is 20.1. The Morgan fingerprint density at radius 1 is 0.857 bits per heavy atom. The van der Waals surface area contributed by atoms with Gasteiger partial charge in [0.05, 0.1) is 23.3 Å². The van der Waals surface area contributed by atoms with Crippen LogP contribution in [0, 0.1) is 20.8 Å². The average Bonchev–Trinajstić information content (AvgIpc) is 2.69. The van der Waals surface area contributed by atoms with Gasteiger partial charge in [-0.3, -0.25) is 9.97 Å². The minimum Gasteiger partial charge on any atom is -0.337 e. The third-order valence-electron chi connectivity index (χ3n) is 5.23. The number of hydrogen-bond donors (Lipinski definition) is 0. The Morgan fingerprint density at radius 3 is 2.11 bits per heavy atom. The summed E-state index contributed by atoms with van der Waals surface area (Å²) in [5.41, 5.74) is 7.96. The molecular weight excluding hydrogens is 342 g/mol. The fourth-order valence-electron chi connectivity index (χ4n) is 3.63. The molecule has 0 saturated carbocycles. The van der Waals surface area contributed by atoms with Crippen LogP contribution in [0.2, 0.25) is 0 Å². The minimum absolute atomic E-state index is 0.409. The van der Waals surface area contributed by atoms with E-state index in [-0.39, 0.29) is 0 Å². The van der Waals surface area contributed by atoms with Crippen LogP contribution in [-0.2, 0) is 0 Å². The van der Waals surface area contributed by atoms with Gasteiger partial charge in [-0.2, -0.15) is 0 Å². The maximum absolute atomic E-state index is 4.73. The van der Waals surface area contributed by atoms with Crippen LogP contribution in [0.15, 0.2) is 54.9 Å². The van der Waals surface area contributed by atoms with Crippen molar-refractivity contribution in [2.75, 3.05) is 4.90 Å². The fraction of sp³-hybridized carbons (Fsp3) is 0.360. The molecule has 0 N–H and O–H groups in total. The third kappa shape index (κ3) is 4.59. The van der Waals surface area contributed by atoms with Gasteiger partial charge in [0.15, 0.2) is 0 Å². The molecule has 0 bridgehead atoms. The molecule has 0 radical (unpaired) electrons. The number of nitrogens with zero attached hydrogens (tertiary/aromatic N) is 3. The average molecular weight is 374 g/mol. The van der Waals surface area contributed by atoms with Crippen molar-refractivity contribution in [3.05, 3.63) is 71.5 Å². The van der Waals surface area contributed by atoms with Crippen molar-refractivity contribution in [1.29, 1.82) is 0 Å². The Morgan fingerprint density at radius 2 is 1.54 bits per heavy atom. The van der Waals surface area contributed by atoms with E-state index in [2.05, 4.69) is 74.0 Å². The number of benzene rings is 1. The number of aryl methyl sites for hydroxylation is 3. The van der Waals surface area contributed by atoms with Crippen LogP contribution in [-0.4, -0.2) is 16.0 Å². The molecule has 2 heterocycles. The zero-order valence-corrected chi connectivity index (χ0v) is 17.7. The summed E-state index contributed by atoms with van der Waals surface area (Å²) in [6.07, 6.45) is 7.46. The summed E-state index contributed by atoms with van der Waals surface area (Å²) in [5, 5.41) is 0. The molecule has 0 spiro atoms. The summed E-state index contributed by atoms with van der Waals surface area (Å²) in [4.78, 5) is 11.7. The van der Waals surface area contributed by atoms with E-state index in [1.807, 2.05) is 25.4 Å². The molecule has 0 amide bonds. The largest absolute Gasteiger partial charge is 0.337 e. The number of hydrogen-bond acceptors (Lipinski definition) is 3. The number of pyridine rings is 2. The third-order valence-corrected chi connectivity index (χ3v) is 5.23. The second-order valence-electron chi connectivity index (χ2n) is 7.77. The van der Waals surface area contributed by atoms with Gasteiger partial charge in [0.25, 0.3) is 0 Å². The highest BCUT2D eigenvalue weighted by molar-refractivity contribution is 5.68. The quantitative estimate of drug-likeness (QED) is 0.457. The number of anilines is 2. The first-order chi connectivity index (χ1) is 13.5. The molecule has 0 aliphatic carbocycles. The molecule has 0 aliphatic heterocycles. The molecule has 3 nitrogen and oxygen atoms in total. The molecule has 3 rings (SSSR count). The SMILES string of the molecule is CCCCC(C)N(c1ccc(-c2ccc(C)cn2)nc1)c1ccc(C)cc1C. The number of aromatic nitrogens is 2. The topological polar surface area (TPSA) is 29.0 Å². The molecule has 1 atom stereocenters. The van der Waals surface area contributed by atoms with Crippen LogP contribution in [0.25, 0.3) is 11.4 Å². The van der Waals surface area contributed by atoms with E-state index in [9.17, 15) is 0 Å². The summed E-state index contributed by atoms with van der Waals surface area (Å²) < 4.78 is 0. The van der Waals surface area contributed by atoms with Crippen molar-refractivity contribution in [3.63, 3.8) is 0 Å². The van der Waals surface area contributed by atoms with Crippen LogP contribution >= 0.6 is 0 Å². The summed E-state index contributed by atoms with van der Waals surface area (Å²) >= 11 is 0. The first-order valence-electron chi connectivity index (χ1n) is 10.2. The molecule has 1 unspecified atom stereocenters. The monoisotopic (exact) mass is 373 g/mol. The van der Waals surface area contributed by atoms with Gasteiger partial charge in [-0.1, -0.05) is 43.5 Å². The highest BCUT2D eigenvalue weighted by Gasteiger charge is 2.19. The molecule has 1 aromatic carbocycles. The van der Waals surface area contributed by atoms with Crippen LogP contribution < -0.4 is 4.90 Å². The van der Waals surface area contributed by atoms with Gasteiger partial charge >= 0.3 is 0 Å². The van der Waals surface area contributed by atoms with E-state index in [1.54, 1.807) is 0 Å². The predicted molar refractivity (Wildman–Crippen MR) is 119 cm³/mol. The van der Waals surface area contributed by atoms with E-state index >= 15 is 0 Å². The molecule has 3 aromatic rings. The van der Waals surface area contributed by atoms with E-state index < -0.39 is 0 Å². The second-order valence-corrected chi connectivity index (χ2v) is 7.77. The molecule has 0 saturated heterocycles. The standard InChI is InChI=1S/C25H31N3/c1-6-7-8-21(5)28(25-14-10-18(2)15-20(25)4)22-11-13-24(27-17-22)23-12-9-19(3)16-26-23/h9-17,21H,6-8H2,1-5H3. The molecule has 28 heavy (non-hydrogen) atoms. The minimum atomic E-state index is 0.409. The molecule has 146 valence electrons.